The van der Waals surface area contributed by atoms with E-state index in [0.29, 0.717) is 6.10 Å². The summed E-state index contributed by atoms with van der Waals surface area (Å²) in [5.74, 6) is 0.876. The van der Waals surface area contributed by atoms with Gasteiger partial charge in [-0.25, -0.2) is 5.10 Å². The fraction of sp³-hybridized carbons (Fsp3) is 0.375. The van der Waals surface area contributed by atoms with Gasteiger partial charge in [-0.3, -0.25) is 4.79 Å². The predicted molar refractivity (Wildman–Crippen MR) is 88.8 cm³/mol. The number of rotatable bonds is 3. The molecule has 1 saturated heterocycles. The van der Waals surface area contributed by atoms with E-state index in [2.05, 4.69) is 15.5 Å². The average Bonchev–Trinajstić information content (AvgIpc) is 2.52. The Kier molecular flexibility index (Phi) is 5.57. The van der Waals surface area contributed by atoms with Crippen LogP contribution < -0.4 is 15.6 Å². The van der Waals surface area contributed by atoms with Crippen molar-refractivity contribution in [1.82, 2.24) is 15.5 Å². The van der Waals surface area contributed by atoms with Gasteiger partial charge in [0.05, 0.1) is 5.69 Å². The molecule has 0 bridgehead atoms. The lowest BCUT2D eigenvalue weighted by atomic mass is 10.1. The molecule has 0 aliphatic carbocycles. The zero-order valence-corrected chi connectivity index (χ0v) is 13.3. The highest BCUT2D eigenvalue weighted by Crippen LogP contribution is 2.24. The second-order valence-electron chi connectivity index (χ2n) is 5.32. The number of benzene rings is 1. The van der Waals surface area contributed by atoms with E-state index in [4.69, 9.17) is 4.74 Å². The van der Waals surface area contributed by atoms with Gasteiger partial charge in [0.1, 0.15) is 11.9 Å². The molecule has 2 aromatic rings. The van der Waals surface area contributed by atoms with Crippen LogP contribution >= 0.6 is 12.4 Å². The molecule has 0 unspecified atom stereocenters. The first-order valence-corrected chi connectivity index (χ1v) is 7.26. The molecule has 0 radical (unpaired) electrons. The molecule has 0 saturated carbocycles. The van der Waals surface area contributed by atoms with Gasteiger partial charge < -0.3 is 10.1 Å². The largest absolute Gasteiger partial charge is 0.490 e. The minimum absolute atomic E-state index is 0. The topological polar surface area (TPSA) is 67.0 Å². The Morgan fingerprint density at radius 1 is 1.18 bits per heavy atom. The van der Waals surface area contributed by atoms with E-state index in [1.807, 2.05) is 31.2 Å². The van der Waals surface area contributed by atoms with Crippen LogP contribution in [0.3, 0.4) is 0 Å². The molecule has 1 aliphatic heterocycles. The van der Waals surface area contributed by atoms with Crippen molar-refractivity contribution < 1.29 is 4.74 Å². The van der Waals surface area contributed by atoms with Crippen LogP contribution in [0.1, 0.15) is 18.5 Å². The number of hydrogen-bond donors (Lipinski definition) is 2. The Bertz CT molecular complexity index is 664. The lowest BCUT2D eigenvalue weighted by molar-refractivity contribution is 0.162. The highest BCUT2D eigenvalue weighted by atomic mass is 35.5. The van der Waals surface area contributed by atoms with Gasteiger partial charge in [0.25, 0.3) is 5.56 Å². The van der Waals surface area contributed by atoms with Gasteiger partial charge in [0.15, 0.2) is 0 Å². The fourth-order valence-corrected chi connectivity index (χ4v) is 2.58. The van der Waals surface area contributed by atoms with Crippen molar-refractivity contribution in [2.24, 2.45) is 0 Å². The van der Waals surface area contributed by atoms with E-state index >= 15 is 0 Å². The Morgan fingerprint density at radius 2 is 1.86 bits per heavy atom. The number of nitrogens with zero attached hydrogens (tertiary/aromatic N) is 1. The monoisotopic (exact) mass is 321 g/mol. The summed E-state index contributed by atoms with van der Waals surface area (Å²) in [4.78, 5) is 11.4. The molecule has 22 heavy (non-hydrogen) atoms. The summed E-state index contributed by atoms with van der Waals surface area (Å²) in [7, 11) is 0. The van der Waals surface area contributed by atoms with E-state index < -0.39 is 0 Å². The third-order valence-corrected chi connectivity index (χ3v) is 3.75. The van der Waals surface area contributed by atoms with Crippen LogP contribution in [-0.2, 0) is 0 Å². The van der Waals surface area contributed by atoms with E-state index in [1.165, 1.54) is 0 Å². The highest BCUT2D eigenvalue weighted by molar-refractivity contribution is 5.85. The number of aromatic amines is 1. The molecule has 2 heterocycles. The molecule has 2 N–H and O–H groups in total. The van der Waals surface area contributed by atoms with Gasteiger partial charge in [0.2, 0.25) is 0 Å². The Labute approximate surface area is 135 Å². The quantitative estimate of drug-likeness (QED) is 0.910. The van der Waals surface area contributed by atoms with Crippen molar-refractivity contribution in [1.29, 1.82) is 0 Å². The maximum absolute atomic E-state index is 11.4. The molecule has 118 valence electrons. The van der Waals surface area contributed by atoms with Gasteiger partial charge in [0, 0.05) is 11.6 Å². The van der Waals surface area contributed by atoms with Crippen LogP contribution in [0.5, 0.6) is 5.75 Å². The Balaban J connectivity index is 0.00000176. The minimum atomic E-state index is -0.189. The van der Waals surface area contributed by atoms with Crippen molar-refractivity contribution in [3.05, 3.63) is 46.4 Å². The zero-order valence-electron chi connectivity index (χ0n) is 12.5. The van der Waals surface area contributed by atoms with Crippen LogP contribution in [0.25, 0.3) is 11.1 Å². The molecule has 6 heteroatoms. The van der Waals surface area contributed by atoms with Crippen molar-refractivity contribution in [2.75, 3.05) is 13.1 Å². The second-order valence-corrected chi connectivity index (χ2v) is 5.32. The molecule has 0 amide bonds. The van der Waals surface area contributed by atoms with E-state index in [1.54, 1.807) is 6.07 Å². The first-order chi connectivity index (χ1) is 10.2. The average molecular weight is 322 g/mol. The third-order valence-electron chi connectivity index (χ3n) is 3.75. The molecule has 5 nitrogen and oxygen atoms in total. The molecule has 0 spiro atoms. The maximum atomic E-state index is 11.4. The number of aromatic nitrogens is 2. The predicted octanol–water partition coefficient (Wildman–Crippen LogP) is 2.30. The first kappa shape index (κ1) is 16.5. The molecular formula is C16H20ClN3O2. The van der Waals surface area contributed by atoms with Crippen molar-refractivity contribution in [3.63, 3.8) is 0 Å². The Morgan fingerprint density at radius 3 is 2.55 bits per heavy atom. The van der Waals surface area contributed by atoms with Crippen molar-refractivity contribution >= 4 is 12.4 Å². The maximum Gasteiger partial charge on any atom is 0.264 e. The molecule has 1 fully saturated rings. The van der Waals surface area contributed by atoms with Gasteiger partial charge in [-0.2, -0.15) is 5.10 Å². The Hall–Kier alpha value is -1.85. The summed E-state index contributed by atoms with van der Waals surface area (Å²) in [6.07, 6.45) is 2.37. The first-order valence-electron chi connectivity index (χ1n) is 7.26. The van der Waals surface area contributed by atoms with Crippen molar-refractivity contribution in [3.8, 4) is 16.9 Å². The SMILES string of the molecule is Cc1n[nH]c(=O)cc1-c1ccc(OC2CCNCC2)cc1.Cl. The van der Waals surface area contributed by atoms with Gasteiger partial charge in [-0.05, 0) is 50.6 Å². The second kappa shape index (κ2) is 7.42. The number of H-pyrrole nitrogens is 1. The summed E-state index contributed by atoms with van der Waals surface area (Å²) in [6, 6.07) is 9.43. The summed E-state index contributed by atoms with van der Waals surface area (Å²) in [5.41, 5.74) is 2.45. The van der Waals surface area contributed by atoms with Crippen LogP contribution in [0.4, 0.5) is 0 Å². The third kappa shape index (κ3) is 3.87. The van der Waals surface area contributed by atoms with E-state index in [9.17, 15) is 4.79 Å². The fourth-order valence-electron chi connectivity index (χ4n) is 2.58. The van der Waals surface area contributed by atoms with Crippen molar-refractivity contribution in [2.45, 2.75) is 25.9 Å². The van der Waals surface area contributed by atoms with E-state index in [0.717, 1.165) is 48.5 Å². The minimum Gasteiger partial charge on any atom is -0.490 e. The molecule has 3 rings (SSSR count). The summed E-state index contributed by atoms with van der Waals surface area (Å²) >= 11 is 0. The van der Waals surface area contributed by atoms with Crippen LogP contribution in [-0.4, -0.2) is 29.4 Å². The smallest absolute Gasteiger partial charge is 0.264 e. The van der Waals surface area contributed by atoms with Crippen LogP contribution in [0.15, 0.2) is 35.1 Å². The standard InChI is InChI=1S/C16H19N3O2.ClH/c1-11-15(10-16(20)19-18-11)12-2-4-13(5-3-12)21-14-6-8-17-9-7-14;/h2-5,10,14,17H,6-9H2,1H3,(H,19,20);1H. The number of aryl methyl sites for hydroxylation is 1. The lowest BCUT2D eigenvalue weighted by Crippen LogP contribution is -2.34. The van der Waals surface area contributed by atoms with Gasteiger partial charge in [-0.1, -0.05) is 12.1 Å². The molecule has 1 aromatic heterocycles. The number of piperidine rings is 1. The van der Waals surface area contributed by atoms with Gasteiger partial charge in [-0.15, -0.1) is 12.4 Å². The highest BCUT2D eigenvalue weighted by Gasteiger charge is 2.14. The number of nitrogens with one attached hydrogen (secondary N) is 2. The molecule has 0 atom stereocenters. The number of ether oxygens (including phenoxy) is 1. The lowest BCUT2D eigenvalue weighted by Gasteiger charge is -2.23. The van der Waals surface area contributed by atoms with Crippen LogP contribution in [0, 0.1) is 6.92 Å². The molecule has 1 aliphatic rings. The molecule has 1 aromatic carbocycles. The number of halogens is 1. The summed E-state index contributed by atoms with van der Waals surface area (Å²) < 4.78 is 5.98. The van der Waals surface area contributed by atoms with Crippen LogP contribution in [0.2, 0.25) is 0 Å². The van der Waals surface area contributed by atoms with Gasteiger partial charge >= 0.3 is 0 Å². The summed E-state index contributed by atoms with van der Waals surface area (Å²) in [6.45, 7) is 3.91. The molecular weight excluding hydrogens is 302 g/mol. The van der Waals surface area contributed by atoms with E-state index in [-0.39, 0.29) is 18.0 Å². The number of hydrogen-bond acceptors (Lipinski definition) is 4. The normalized spacial score (nSPS) is 15.1. The summed E-state index contributed by atoms with van der Waals surface area (Å²) in [5, 5.41) is 9.76. The zero-order chi connectivity index (χ0) is 14.7.